The van der Waals surface area contributed by atoms with Crippen molar-refractivity contribution in [2.24, 2.45) is 0 Å². The van der Waals surface area contributed by atoms with Gasteiger partial charge in [-0.2, -0.15) is 0 Å². The van der Waals surface area contributed by atoms with Crippen molar-refractivity contribution >= 4 is 11.7 Å². The summed E-state index contributed by atoms with van der Waals surface area (Å²) in [6.07, 6.45) is 2.15. The Hall–Kier alpha value is -2.50. The van der Waals surface area contributed by atoms with Crippen LogP contribution in [0.4, 0.5) is 14.6 Å². The number of benzene rings is 1. The van der Waals surface area contributed by atoms with Gasteiger partial charge in [-0.05, 0) is 48.2 Å². The fraction of sp³-hybridized carbons (Fsp3) is 0.368. The predicted octanol–water partition coefficient (Wildman–Crippen LogP) is 3.38. The number of rotatable bonds is 4. The summed E-state index contributed by atoms with van der Waals surface area (Å²) in [7, 11) is 0. The smallest absolute Gasteiger partial charge is 0.217 e. The molecule has 6 heteroatoms. The number of halogens is 2. The van der Waals surface area contributed by atoms with Gasteiger partial charge in [-0.15, -0.1) is 0 Å². The number of anilines is 1. The van der Waals surface area contributed by atoms with Crippen molar-refractivity contribution in [2.75, 3.05) is 18.0 Å². The van der Waals surface area contributed by atoms with Crippen LogP contribution in [0.5, 0.6) is 0 Å². The molecule has 0 radical (unpaired) electrons. The first-order chi connectivity index (χ1) is 12.0. The number of carbonyl (C=O) groups is 1. The number of amides is 1. The minimum Gasteiger partial charge on any atom is -0.354 e. The third kappa shape index (κ3) is 4.32. The van der Waals surface area contributed by atoms with Crippen LogP contribution in [-0.4, -0.2) is 30.2 Å². The van der Waals surface area contributed by atoms with E-state index in [0.29, 0.717) is 24.3 Å². The quantitative estimate of drug-likeness (QED) is 0.924. The summed E-state index contributed by atoms with van der Waals surface area (Å²) in [6, 6.07) is 9.28. The van der Waals surface area contributed by atoms with Gasteiger partial charge in [-0.25, -0.2) is 13.8 Å². The lowest BCUT2D eigenvalue weighted by Gasteiger charge is -2.30. The molecule has 0 spiro atoms. The van der Waals surface area contributed by atoms with Gasteiger partial charge in [0.25, 0.3) is 0 Å². The number of nitrogens with zero attached hydrogens (tertiary/aromatic N) is 2. The fourth-order valence-corrected chi connectivity index (χ4v) is 3.17. The summed E-state index contributed by atoms with van der Waals surface area (Å²) in [5.74, 6) is 0.0967. The Morgan fingerprint density at radius 1 is 1.32 bits per heavy atom. The zero-order chi connectivity index (χ0) is 17.8. The zero-order valence-electron chi connectivity index (χ0n) is 14.1. The van der Waals surface area contributed by atoms with Crippen molar-refractivity contribution in [1.82, 2.24) is 10.3 Å². The first kappa shape index (κ1) is 17.3. The zero-order valence-corrected chi connectivity index (χ0v) is 14.1. The lowest BCUT2D eigenvalue weighted by molar-refractivity contribution is -0.119. The Bertz CT molecular complexity index is 753. The minimum absolute atomic E-state index is 0.214. The molecule has 1 amide bonds. The van der Waals surface area contributed by atoms with Gasteiger partial charge in [0.1, 0.15) is 17.8 Å². The molecule has 0 bridgehead atoms. The number of hydrogen-bond acceptors (Lipinski definition) is 3. The van der Waals surface area contributed by atoms with Crippen LogP contribution in [0, 0.1) is 5.82 Å². The molecule has 1 N–H and O–H groups in total. The molecule has 2 aromatic rings. The van der Waals surface area contributed by atoms with E-state index in [9.17, 15) is 13.6 Å². The average Bonchev–Trinajstić information content (AvgIpc) is 2.60. The number of carbonyl (C=O) groups excluding carboxylic acids is 1. The molecule has 1 saturated heterocycles. The van der Waals surface area contributed by atoms with Crippen molar-refractivity contribution in [1.29, 1.82) is 0 Å². The molecule has 1 aliphatic heterocycles. The molecule has 1 fully saturated rings. The first-order valence-corrected chi connectivity index (χ1v) is 8.40. The highest BCUT2D eigenvalue weighted by molar-refractivity contribution is 5.74. The van der Waals surface area contributed by atoms with Gasteiger partial charge >= 0.3 is 0 Å². The lowest BCUT2D eigenvalue weighted by atomic mass is 9.99. The van der Waals surface area contributed by atoms with Crippen molar-refractivity contribution in [2.45, 2.75) is 32.0 Å². The lowest BCUT2D eigenvalue weighted by Crippen LogP contribution is -2.37. The molecule has 4 nitrogen and oxygen atoms in total. The highest BCUT2D eigenvalue weighted by Crippen LogP contribution is 2.27. The van der Waals surface area contributed by atoms with Crippen LogP contribution in [0.2, 0.25) is 0 Å². The van der Waals surface area contributed by atoms with Crippen LogP contribution in [0.1, 0.15) is 36.9 Å². The number of hydrogen-bond donors (Lipinski definition) is 1. The Kier molecular flexibility index (Phi) is 5.26. The van der Waals surface area contributed by atoms with E-state index in [1.165, 1.54) is 19.1 Å². The van der Waals surface area contributed by atoms with Crippen molar-refractivity contribution in [3.05, 3.63) is 59.5 Å². The molecule has 1 aromatic heterocycles. The Labute approximate surface area is 145 Å². The van der Waals surface area contributed by atoms with E-state index in [4.69, 9.17) is 0 Å². The molecular formula is C19H21F2N3O. The van der Waals surface area contributed by atoms with E-state index >= 15 is 0 Å². The second-order valence-corrected chi connectivity index (χ2v) is 6.32. The van der Waals surface area contributed by atoms with Crippen molar-refractivity contribution < 1.29 is 13.6 Å². The maximum absolute atomic E-state index is 13.7. The van der Waals surface area contributed by atoms with E-state index in [2.05, 4.69) is 10.3 Å². The number of pyridine rings is 1. The molecular weight excluding hydrogens is 324 g/mol. The normalized spacial score (nSPS) is 18.7. The fourth-order valence-electron chi connectivity index (χ4n) is 3.17. The summed E-state index contributed by atoms with van der Waals surface area (Å²) in [4.78, 5) is 17.9. The number of nitrogens with one attached hydrogen (secondary N) is 1. The molecule has 25 heavy (non-hydrogen) atoms. The van der Waals surface area contributed by atoms with Gasteiger partial charge in [0, 0.05) is 19.7 Å². The SMILES string of the molecule is CC(=O)NC(c1cccc(F)c1)c1ccnc(N2CCCC(F)C2)c1. The minimum atomic E-state index is -0.853. The van der Waals surface area contributed by atoms with Gasteiger partial charge in [0.2, 0.25) is 5.91 Å². The summed E-state index contributed by atoms with van der Waals surface area (Å²) < 4.78 is 27.3. The molecule has 132 valence electrons. The average molecular weight is 345 g/mol. The van der Waals surface area contributed by atoms with Crippen LogP contribution in [0.25, 0.3) is 0 Å². The van der Waals surface area contributed by atoms with Gasteiger partial charge in [-0.1, -0.05) is 12.1 Å². The number of piperidine rings is 1. The topological polar surface area (TPSA) is 45.2 Å². The molecule has 1 aromatic carbocycles. The van der Waals surface area contributed by atoms with E-state index in [-0.39, 0.29) is 11.7 Å². The molecule has 3 rings (SSSR count). The maximum atomic E-state index is 13.7. The van der Waals surface area contributed by atoms with E-state index in [0.717, 1.165) is 18.5 Å². The summed E-state index contributed by atoms with van der Waals surface area (Å²) >= 11 is 0. The summed E-state index contributed by atoms with van der Waals surface area (Å²) in [6.45, 7) is 2.50. The Morgan fingerprint density at radius 3 is 2.84 bits per heavy atom. The molecule has 0 aliphatic carbocycles. The van der Waals surface area contributed by atoms with Crippen LogP contribution >= 0.6 is 0 Å². The van der Waals surface area contributed by atoms with Crippen LogP contribution in [0.3, 0.4) is 0 Å². The predicted molar refractivity (Wildman–Crippen MR) is 92.6 cm³/mol. The maximum Gasteiger partial charge on any atom is 0.217 e. The van der Waals surface area contributed by atoms with E-state index < -0.39 is 12.2 Å². The van der Waals surface area contributed by atoms with E-state index in [1.54, 1.807) is 24.4 Å². The highest BCUT2D eigenvalue weighted by Gasteiger charge is 2.22. The van der Waals surface area contributed by atoms with Crippen LogP contribution in [0.15, 0.2) is 42.6 Å². The highest BCUT2D eigenvalue weighted by atomic mass is 19.1. The van der Waals surface area contributed by atoms with Crippen LogP contribution < -0.4 is 10.2 Å². The van der Waals surface area contributed by atoms with Crippen molar-refractivity contribution in [3.63, 3.8) is 0 Å². The van der Waals surface area contributed by atoms with Crippen LogP contribution in [-0.2, 0) is 4.79 Å². The second-order valence-electron chi connectivity index (χ2n) is 6.32. The molecule has 0 saturated carbocycles. The molecule has 1 aliphatic rings. The number of alkyl halides is 1. The van der Waals surface area contributed by atoms with Gasteiger partial charge < -0.3 is 10.2 Å². The Morgan fingerprint density at radius 2 is 2.12 bits per heavy atom. The van der Waals surface area contributed by atoms with E-state index in [1.807, 2.05) is 11.0 Å². The largest absolute Gasteiger partial charge is 0.354 e. The standard InChI is InChI=1S/C19H21F2N3O/c1-13(25)23-19(14-4-2-5-16(20)10-14)15-7-8-22-18(11-15)24-9-3-6-17(21)12-24/h2,4-5,7-8,10-11,17,19H,3,6,9,12H2,1H3,(H,23,25). The Balaban J connectivity index is 1.93. The number of aromatic nitrogens is 1. The summed E-state index contributed by atoms with van der Waals surface area (Å²) in [5, 5.41) is 2.85. The molecule has 2 heterocycles. The molecule has 2 atom stereocenters. The monoisotopic (exact) mass is 345 g/mol. The van der Waals surface area contributed by atoms with Gasteiger partial charge in [-0.3, -0.25) is 4.79 Å². The third-order valence-electron chi connectivity index (χ3n) is 4.32. The molecule has 2 unspecified atom stereocenters. The van der Waals surface area contributed by atoms with Gasteiger partial charge in [0.05, 0.1) is 12.6 Å². The third-order valence-corrected chi connectivity index (χ3v) is 4.32. The summed E-state index contributed by atoms with van der Waals surface area (Å²) in [5.41, 5.74) is 1.43. The van der Waals surface area contributed by atoms with Gasteiger partial charge in [0.15, 0.2) is 0 Å². The van der Waals surface area contributed by atoms with Crippen molar-refractivity contribution in [3.8, 4) is 0 Å². The second kappa shape index (κ2) is 7.59. The first-order valence-electron chi connectivity index (χ1n) is 8.40.